The molecule has 0 saturated heterocycles. The number of nitrogens with zero attached hydrogens (tertiary/aromatic N) is 2. The lowest BCUT2D eigenvalue weighted by Gasteiger charge is -2.04. The number of nitriles is 1. The number of aliphatic hydroxyl groups is 1. The van der Waals surface area contributed by atoms with Crippen molar-refractivity contribution in [1.82, 2.24) is 0 Å². The Morgan fingerprint density at radius 1 is 1.59 bits per heavy atom. The second-order valence-corrected chi connectivity index (χ2v) is 3.49. The molecule has 0 saturated carbocycles. The maximum Gasteiger partial charge on any atom is 0.315 e. The molecule has 0 radical (unpaired) electrons. The first-order valence-corrected chi connectivity index (χ1v) is 4.98. The lowest BCUT2D eigenvalue weighted by Crippen LogP contribution is -2.22. The fraction of sp³-hybridized carbons (Fsp3) is 0.400. The van der Waals surface area contributed by atoms with Crippen LogP contribution < -0.4 is 10.3 Å². The molecule has 0 aliphatic rings. The molecule has 1 rings (SSSR count). The Morgan fingerprint density at radius 2 is 2.24 bits per heavy atom. The predicted molar refractivity (Wildman–Crippen MR) is 59.4 cm³/mol. The third kappa shape index (κ3) is 2.49. The number of aliphatic hydroxyl groups excluding tert-OH is 1. The Labute approximate surface area is 97.9 Å². The summed E-state index contributed by atoms with van der Waals surface area (Å²) in [4.78, 5) is 13.1. The fourth-order valence-electron chi connectivity index (χ4n) is 1.62. The van der Waals surface area contributed by atoms with Crippen molar-refractivity contribution < 1.29 is 15.0 Å². The van der Waals surface area contributed by atoms with Crippen molar-refractivity contribution in [1.29, 1.82) is 5.26 Å². The van der Waals surface area contributed by atoms with Crippen molar-refractivity contribution in [3.05, 3.63) is 26.9 Å². The zero-order valence-electron chi connectivity index (χ0n) is 9.57. The molecule has 7 heteroatoms. The van der Waals surface area contributed by atoms with Crippen LogP contribution in [0, 0.1) is 35.3 Å². The molecule has 90 valence electrons. The van der Waals surface area contributed by atoms with E-state index in [2.05, 4.69) is 10.3 Å². The summed E-state index contributed by atoms with van der Waals surface area (Å²) in [6.45, 7) is 3.27. The molecule has 0 unspecified atom stereocenters. The number of hydrogen-bond acceptors (Lipinski definition) is 5. The summed E-state index contributed by atoms with van der Waals surface area (Å²) in [6, 6.07) is 1.92. The molecule has 0 aliphatic carbocycles. The number of H-pyrrole nitrogens is 1. The van der Waals surface area contributed by atoms with E-state index in [1.165, 1.54) is 6.92 Å². The molecule has 0 fully saturated rings. The van der Waals surface area contributed by atoms with E-state index in [-0.39, 0.29) is 24.4 Å². The van der Waals surface area contributed by atoms with Gasteiger partial charge in [0.1, 0.15) is 12.6 Å². The molecule has 0 aromatic carbocycles. The first kappa shape index (κ1) is 12.9. The number of aromatic amines is 1. The normalized spacial score (nSPS) is 9.76. The van der Waals surface area contributed by atoms with Crippen LogP contribution >= 0.6 is 0 Å². The van der Waals surface area contributed by atoms with Crippen LogP contribution in [0.4, 0.5) is 11.5 Å². The summed E-state index contributed by atoms with van der Waals surface area (Å²) < 4.78 is 0. The SMILES string of the molecule is Cc1[nH+]c(NCCO)c(C#N)c(C)c1[N+](=O)[O-]. The Kier molecular flexibility index (Phi) is 3.96. The summed E-state index contributed by atoms with van der Waals surface area (Å²) in [5.74, 6) is 0.391. The quantitative estimate of drug-likeness (QED) is 0.577. The van der Waals surface area contributed by atoms with Crippen molar-refractivity contribution in [2.24, 2.45) is 0 Å². The highest BCUT2D eigenvalue weighted by atomic mass is 16.6. The molecule has 1 aromatic rings. The molecule has 17 heavy (non-hydrogen) atoms. The van der Waals surface area contributed by atoms with Gasteiger partial charge in [-0.1, -0.05) is 0 Å². The van der Waals surface area contributed by atoms with Gasteiger partial charge < -0.3 is 5.11 Å². The van der Waals surface area contributed by atoms with Crippen LogP contribution in [0.1, 0.15) is 16.8 Å². The summed E-state index contributed by atoms with van der Waals surface area (Å²) in [6.07, 6.45) is 0. The molecular formula is C10H13N4O3+. The minimum atomic E-state index is -0.516. The minimum Gasteiger partial charge on any atom is -0.392 e. The third-order valence-electron chi connectivity index (χ3n) is 2.36. The van der Waals surface area contributed by atoms with E-state index < -0.39 is 4.92 Å². The van der Waals surface area contributed by atoms with E-state index in [4.69, 9.17) is 10.4 Å². The Morgan fingerprint density at radius 3 is 2.71 bits per heavy atom. The third-order valence-corrected chi connectivity index (χ3v) is 2.36. The van der Waals surface area contributed by atoms with Gasteiger partial charge in [-0.2, -0.15) is 5.26 Å². The van der Waals surface area contributed by atoms with Gasteiger partial charge in [0.15, 0.2) is 11.3 Å². The number of nitrogens with one attached hydrogen (secondary N) is 2. The largest absolute Gasteiger partial charge is 0.392 e. The zero-order chi connectivity index (χ0) is 13.0. The van der Waals surface area contributed by atoms with Crippen molar-refractivity contribution >= 4 is 11.5 Å². The minimum absolute atomic E-state index is 0.0869. The predicted octanol–water partition coefficient (Wildman–Crippen LogP) is 0.302. The van der Waals surface area contributed by atoms with Crippen LogP contribution in [0.5, 0.6) is 0 Å². The molecule has 0 bridgehead atoms. The lowest BCUT2D eigenvalue weighted by atomic mass is 10.1. The molecule has 0 atom stereocenters. The molecule has 1 heterocycles. The average Bonchev–Trinajstić information content (AvgIpc) is 2.25. The summed E-state index contributed by atoms with van der Waals surface area (Å²) in [5.41, 5.74) is 0.785. The van der Waals surface area contributed by atoms with Crippen molar-refractivity contribution in [3.8, 4) is 6.07 Å². The number of hydrogen-bond donors (Lipinski definition) is 2. The molecule has 0 spiro atoms. The highest BCUT2D eigenvalue weighted by Crippen LogP contribution is 2.25. The molecule has 3 N–H and O–H groups in total. The van der Waals surface area contributed by atoms with E-state index in [1.807, 2.05) is 6.07 Å². The van der Waals surface area contributed by atoms with Crippen LogP contribution in [-0.4, -0.2) is 23.2 Å². The molecule has 1 aromatic heterocycles. The van der Waals surface area contributed by atoms with Gasteiger partial charge in [0.05, 0.1) is 17.1 Å². The Hall–Kier alpha value is -2.20. The van der Waals surface area contributed by atoms with E-state index >= 15 is 0 Å². The second kappa shape index (κ2) is 5.23. The van der Waals surface area contributed by atoms with Gasteiger partial charge in [0.2, 0.25) is 0 Å². The molecular weight excluding hydrogens is 224 g/mol. The van der Waals surface area contributed by atoms with Crippen LogP contribution in [0.25, 0.3) is 0 Å². The number of anilines is 1. The van der Waals surface area contributed by atoms with Crippen LogP contribution in [0.2, 0.25) is 0 Å². The van der Waals surface area contributed by atoms with Gasteiger partial charge >= 0.3 is 5.69 Å². The van der Waals surface area contributed by atoms with Crippen LogP contribution in [-0.2, 0) is 0 Å². The number of aromatic nitrogens is 1. The van der Waals surface area contributed by atoms with Gasteiger partial charge in [-0.25, -0.2) is 4.98 Å². The van der Waals surface area contributed by atoms with Crippen molar-refractivity contribution in [2.75, 3.05) is 18.5 Å². The fourth-order valence-corrected chi connectivity index (χ4v) is 1.62. The number of rotatable bonds is 4. The molecule has 7 nitrogen and oxygen atoms in total. The van der Waals surface area contributed by atoms with Gasteiger partial charge in [0.25, 0.3) is 5.82 Å². The number of nitro groups is 1. The second-order valence-electron chi connectivity index (χ2n) is 3.49. The smallest absolute Gasteiger partial charge is 0.315 e. The van der Waals surface area contributed by atoms with E-state index in [1.54, 1.807) is 6.92 Å². The summed E-state index contributed by atoms with van der Waals surface area (Å²) >= 11 is 0. The topological polar surface area (TPSA) is 113 Å². The monoisotopic (exact) mass is 237 g/mol. The molecule has 0 amide bonds. The van der Waals surface area contributed by atoms with Crippen molar-refractivity contribution in [3.63, 3.8) is 0 Å². The number of pyridine rings is 1. The summed E-state index contributed by atoms with van der Waals surface area (Å²) in [5, 5.41) is 31.4. The van der Waals surface area contributed by atoms with Gasteiger partial charge in [-0.15, -0.1) is 0 Å². The van der Waals surface area contributed by atoms with Crippen LogP contribution in [0.15, 0.2) is 0 Å². The standard InChI is InChI=1S/C10H12N4O3/c1-6-8(5-11)10(12-3-4-15)13-7(2)9(6)14(16)17/h15H,3-4H2,1-2H3,(H,12,13)/p+1. The highest BCUT2D eigenvalue weighted by molar-refractivity contribution is 5.59. The Bertz CT molecular complexity index is 493. The molecule has 0 aliphatic heterocycles. The number of aryl methyl sites for hydroxylation is 1. The average molecular weight is 237 g/mol. The first-order valence-electron chi connectivity index (χ1n) is 4.98. The van der Waals surface area contributed by atoms with Crippen LogP contribution in [0.3, 0.4) is 0 Å². The van der Waals surface area contributed by atoms with E-state index in [0.29, 0.717) is 17.1 Å². The van der Waals surface area contributed by atoms with Crippen molar-refractivity contribution in [2.45, 2.75) is 13.8 Å². The highest BCUT2D eigenvalue weighted by Gasteiger charge is 2.26. The maximum absolute atomic E-state index is 10.9. The first-order chi connectivity index (χ1) is 8.02. The maximum atomic E-state index is 10.9. The van der Waals surface area contributed by atoms with Gasteiger partial charge in [-0.3, -0.25) is 15.4 Å². The zero-order valence-corrected chi connectivity index (χ0v) is 9.57. The van der Waals surface area contributed by atoms with Gasteiger partial charge in [0, 0.05) is 6.92 Å². The van der Waals surface area contributed by atoms with E-state index in [9.17, 15) is 10.1 Å². The Balaban J connectivity index is 3.37. The van der Waals surface area contributed by atoms with E-state index in [0.717, 1.165) is 0 Å². The lowest BCUT2D eigenvalue weighted by molar-refractivity contribution is -0.419. The summed E-state index contributed by atoms with van der Waals surface area (Å²) in [7, 11) is 0. The van der Waals surface area contributed by atoms with Gasteiger partial charge in [-0.05, 0) is 6.92 Å².